The minimum absolute atomic E-state index is 0.00472. The molecule has 0 unspecified atom stereocenters. The van der Waals surface area contributed by atoms with Gasteiger partial charge in [-0.25, -0.2) is 13.2 Å². The van der Waals surface area contributed by atoms with Gasteiger partial charge in [0.2, 0.25) is 0 Å². The highest BCUT2D eigenvalue weighted by Crippen LogP contribution is 2.28. The van der Waals surface area contributed by atoms with E-state index in [0.717, 1.165) is 12.5 Å². The molecule has 0 aromatic heterocycles. The van der Waals surface area contributed by atoms with E-state index in [9.17, 15) is 13.2 Å². The lowest BCUT2D eigenvalue weighted by Crippen LogP contribution is -2.09. The number of hydrogen-bond acceptors (Lipinski definition) is 5. The summed E-state index contributed by atoms with van der Waals surface area (Å²) < 4.78 is 33.3. The Morgan fingerprint density at radius 3 is 2.55 bits per heavy atom. The number of carboxylic acid groups (broad SMARTS) is 1. The molecule has 8 heteroatoms. The first-order chi connectivity index (χ1) is 9.36. The Labute approximate surface area is 121 Å². The van der Waals surface area contributed by atoms with Crippen LogP contribution in [0.3, 0.4) is 0 Å². The van der Waals surface area contributed by atoms with Crippen LogP contribution in [0.15, 0.2) is 23.1 Å². The fourth-order valence-electron chi connectivity index (χ4n) is 1.41. The van der Waals surface area contributed by atoms with Crippen LogP contribution in [0, 0.1) is 0 Å². The number of benzene rings is 1. The van der Waals surface area contributed by atoms with Gasteiger partial charge in [-0.15, -0.1) is 0 Å². The Kier molecular flexibility index (Phi) is 6.25. The topological polar surface area (TPSA) is 89.9 Å². The van der Waals surface area contributed by atoms with Crippen LogP contribution in [0.1, 0.15) is 23.7 Å². The molecule has 0 aliphatic rings. The molecule has 6 nitrogen and oxygen atoms in total. The highest BCUT2D eigenvalue weighted by molar-refractivity contribution is 8.13. The average molecular weight is 323 g/mol. The van der Waals surface area contributed by atoms with Gasteiger partial charge in [0.1, 0.15) is 17.3 Å². The summed E-state index contributed by atoms with van der Waals surface area (Å²) in [7, 11) is 1.18. The van der Waals surface area contributed by atoms with Crippen molar-refractivity contribution in [2.75, 3.05) is 19.8 Å². The zero-order valence-corrected chi connectivity index (χ0v) is 12.4. The molecule has 1 N–H and O–H groups in total. The largest absolute Gasteiger partial charge is 0.490 e. The average Bonchev–Trinajstić information content (AvgIpc) is 2.37. The number of ether oxygens (including phenoxy) is 2. The first-order valence-electron chi connectivity index (χ1n) is 5.88. The lowest BCUT2D eigenvalue weighted by molar-refractivity contribution is 0.0696. The Morgan fingerprint density at radius 1 is 1.30 bits per heavy atom. The van der Waals surface area contributed by atoms with Crippen molar-refractivity contribution in [3.8, 4) is 5.75 Å². The number of aromatic carboxylic acids is 1. The van der Waals surface area contributed by atoms with Gasteiger partial charge < -0.3 is 14.6 Å². The second kappa shape index (κ2) is 7.47. The molecule has 1 aromatic rings. The molecule has 0 aliphatic heterocycles. The van der Waals surface area contributed by atoms with Crippen LogP contribution < -0.4 is 4.74 Å². The van der Waals surface area contributed by atoms with E-state index < -0.39 is 15.0 Å². The van der Waals surface area contributed by atoms with Crippen LogP contribution >= 0.6 is 10.7 Å². The van der Waals surface area contributed by atoms with Crippen LogP contribution in [-0.4, -0.2) is 39.3 Å². The molecule has 1 aromatic carbocycles. The zero-order valence-electron chi connectivity index (χ0n) is 10.8. The van der Waals surface area contributed by atoms with Crippen molar-refractivity contribution >= 4 is 25.7 Å². The van der Waals surface area contributed by atoms with Crippen molar-refractivity contribution in [1.29, 1.82) is 0 Å². The molecule has 0 spiro atoms. The molecule has 112 valence electrons. The van der Waals surface area contributed by atoms with Crippen molar-refractivity contribution in [3.63, 3.8) is 0 Å². The molecule has 0 saturated heterocycles. The predicted octanol–water partition coefficient (Wildman–Crippen LogP) is 2.12. The Bertz CT molecular complexity index is 569. The molecule has 20 heavy (non-hydrogen) atoms. The number of rotatable bonds is 8. The third-order valence-corrected chi connectivity index (χ3v) is 3.63. The predicted molar refractivity (Wildman–Crippen MR) is 73.0 cm³/mol. The highest BCUT2D eigenvalue weighted by Gasteiger charge is 2.19. The normalized spacial score (nSPS) is 11.3. The summed E-state index contributed by atoms with van der Waals surface area (Å²) in [5, 5.41) is 8.84. The van der Waals surface area contributed by atoms with Gasteiger partial charge in [0.15, 0.2) is 0 Å². The van der Waals surface area contributed by atoms with Gasteiger partial charge in [-0.05, 0) is 24.6 Å². The number of hydrogen-bond donors (Lipinski definition) is 1. The van der Waals surface area contributed by atoms with Crippen molar-refractivity contribution in [2.24, 2.45) is 0 Å². The summed E-state index contributed by atoms with van der Waals surface area (Å²) in [5.41, 5.74) is -0.182. The van der Waals surface area contributed by atoms with Gasteiger partial charge in [0.25, 0.3) is 9.05 Å². The summed E-state index contributed by atoms with van der Waals surface area (Å²) in [5.74, 6) is -1.24. The zero-order chi connectivity index (χ0) is 15.2. The fraction of sp³-hybridized carbons (Fsp3) is 0.417. The highest BCUT2D eigenvalue weighted by atomic mass is 35.7. The van der Waals surface area contributed by atoms with Crippen molar-refractivity contribution in [3.05, 3.63) is 23.8 Å². The van der Waals surface area contributed by atoms with Gasteiger partial charge >= 0.3 is 5.97 Å². The molecule has 0 saturated carbocycles. The minimum Gasteiger partial charge on any atom is -0.490 e. The van der Waals surface area contributed by atoms with E-state index in [0.29, 0.717) is 13.2 Å². The minimum atomic E-state index is -4.09. The van der Waals surface area contributed by atoms with Crippen LogP contribution in [0.25, 0.3) is 0 Å². The molecule has 0 heterocycles. The van der Waals surface area contributed by atoms with Crippen molar-refractivity contribution in [2.45, 2.75) is 18.2 Å². The lowest BCUT2D eigenvalue weighted by Gasteiger charge is -2.10. The first kappa shape index (κ1) is 16.7. The monoisotopic (exact) mass is 322 g/mol. The maximum absolute atomic E-state index is 11.4. The van der Waals surface area contributed by atoms with Crippen LogP contribution in [-0.2, 0) is 13.8 Å². The first-order valence-corrected chi connectivity index (χ1v) is 8.19. The molecular weight excluding hydrogens is 308 g/mol. The van der Waals surface area contributed by atoms with Gasteiger partial charge in [-0.1, -0.05) is 6.92 Å². The van der Waals surface area contributed by atoms with Gasteiger partial charge in [-0.2, -0.15) is 0 Å². The van der Waals surface area contributed by atoms with E-state index in [2.05, 4.69) is 0 Å². The number of carboxylic acids is 1. The molecule has 0 atom stereocenters. The van der Waals surface area contributed by atoms with Crippen molar-refractivity contribution < 1.29 is 27.8 Å². The van der Waals surface area contributed by atoms with Gasteiger partial charge in [0.05, 0.1) is 12.2 Å². The van der Waals surface area contributed by atoms with Crippen LogP contribution in [0.5, 0.6) is 5.75 Å². The van der Waals surface area contributed by atoms with E-state index in [1.165, 1.54) is 12.1 Å². The standard InChI is InChI=1S/C12H15ClO6S/c1-2-5-18-6-7-19-10-4-3-9(12(14)15)8-11(10)20(13,16)17/h3-4,8H,2,5-7H2,1H3,(H,14,15). The van der Waals surface area contributed by atoms with E-state index in [-0.39, 0.29) is 22.8 Å². The Balaban J connectivity index is 2.87. The second-order valence-electron chi connectivity index (χ2n) is 3.87. The maximum atomic E-state index is 11.4. The molecule has 0 bridgehead atoms. The van der Waals surface area contributed by atoms with Gasteiger partial charge in [0, 0.05) is 17.3 Å². The number of halogens is 1. The molecule has 0 fully saturated rings. The van der Waals surface area contributed by atoms with Crippen molar-refractivity contribution in [1.82, 2.24) is 0 Å². The smallest absolute Gasteiger partial charge is 0.335 e. The fourth-order valence-corrected chi connectivity index (χ4v) is 2.40. The van der Waals surface area contributed by atoms with E-state index >= 15 is 0 Å². The number of carbonyl (C=O) groups is 1. The molecule has 0 amide bonds. The summed E-state index contributed by atoms with van der Waals surface area (Å²) in [4.78, 5) is 10.5. The summed E-state index contributed by atoms with van der Waals surface area (Å²) >= 11 is 0. The Morgan fingerprint density at radius 2 is 2.00 bits per heavy atom. The van der Waals surface area contributed by atoms with Gasteiger partial charge in [-0.3, -0.25) is 0 Å². The lowest BCUT2D eigenvalue weighted by atomic mass is 10.2. The molecule has 0 aliphatic carbocycles. The van der Waals surface area contributed by atoms with Crippen LogP contribution in [0.4, 0.5) is 0 Å². The summed E-state index contributed by atoms with van der Waals surface area (Å²) in [6.07, 6.45) is 0.870. The third-order valence-electron chi connectivity index (χ3n) is 2.29. The Hall–Kier alpha value is -1.31. The van der Waals surface area contributed by atoms with E-state index in [1.807, 2.05) is 6.92 Å². The molecule has 0 radical (unpaired) electrons. The third kappa shape index (κ3) is 4.99. The SMILES string of the molecule is CCCOCCOc1ccc(C(=O)O)cc1S(=O)(=O)Cl. The van der Waals surface area contributed by atoms with E-state index in [1.54, 1.807) is 0 Å². The second-order valence-corrected chi connectivity index (χ2v) is 6.40. The van der Waals surface area contributed by atoms with Crippen LogP contribution in [0.2, 0.25) is 0 Å². The molecule has 1 rings (SSSR count). The summed E-state index contributed by atoms with van der Waals surface area (Å²) in [6.45, 7) is 2.99. The maximum Gasteiger partial charge on any atom is 0.335 e. The van der Waals surface area contributed by atoms with E-state index in [4.69, 9.17) is 25.3 Å². The molecular formula is C12H15ClO6S. The quantitative estimate of drug-likeness (QED) is 0.582. The summed E-state index contributed by atoms with van der Waals surface area (Å²) in [6, 6.07) is 3.47.